The molecule has 14 heavy (non-hydrogen) atoms. The van der Waals surface area contributed by atoms with Crippen molar-refractivity contribution < 1.29 is 14.5 Å². The molecule has 0 aliphatic carbocycles. The van der Waals surface area contributed by atoms with E-state index in [2.05, 4.69) is 25.7 Å². The van der Waals surface area contributed by atoms with Crippen LogP contribution in [0.4, 0.5) is 5.69 Å². The molecule has 1 aromatic rings. The van der Waals surface area contributed by atoms with Crippen molar-refractivity contribution in [1.29, 1.82) is 0 Å². The molecule has 0 aliphatic heterocycles. The van der Waals surface area contributed by atoms with Gasteiger partial charge in [0.15, 0.2) is 5.56 Å². The van der Waals surface area contributed by atoms with Crippen LogP contribution in [0.2, 0.25) is 0 Å². The maximum Gasteiger partial charge on any atom is 0.347 e. The zero-order valence-electron chi connectivity index (χ0n) is 7.06. The van der Waals surface area contributed by atoms with Gasteiger partial charge in [0.05, 0.1) is 12.0 Å². The smallest absolute Gasteiger partial charge is 0.347 e. The second-order valence-electron chi connectivity index (χ2n) is 2.24. The van der Waals surface area contributed by atoms with Gasteiger partial charge in [0.2, 0.25) is 0 Å². The molecule has 0 amide bonds. The van der Waals surface area contributed by atoms with Crippen LogP contribution in [-0.4, -0.2) is 23.0 Å². The summed E-state index contributed by atoms with van der Waals surface area (Å²) in [5.74, 6) is -0.795. The zero-order valence-corrected chi connectivity index (χ0v) is 8.65. The summed E-state index contributed by atoms with van der Waals surface area (Å²) in [4.78, 5) is 24.7. The molecule has 0 atom stereocenters. The number of carbonyl (C=O) groups is 1. The number of nitrogens with zero attached hydrogens (tertiary/aromatic N) is 2. The maximum absolute atomic E-state index is 11.2. The molecule has 0 bridgehead atoms. The molecule has 1 rings (SSSR count). The standard InChI is InChI=1S/C7H5BrN2O4/c1-14-7(11)5-4(10(12)13)2-3-9-6(5)8/h2-3H,1H3. The minimum Gasteiger partial charge on any atom is -0.465 e. The van der Waals surface area contributed by atoms with Crippen LogP contribution in [0.5, 0.6) is 0 Å². The molecule has 6 nitrogen and oxygen atoms in total. The quantitative estimate of drug-likeness (QED) is 0.349. The van der Waals surface area contributed by atoms with E-state index in [-0.39, 0.29) is 15.9 Å². The number of carbonyl (C=O) groups excluding carboxylic acids is 1. The minimum atomic E-state index is -0.795. The third-order valence-electron chi connectivity index (χ3n) is 1.47. The first-order valence-electron chi connectivity index (χ1n) is 3.45. The molecule has 0 aromatic carbocycles. The van der Waals surface area contributed by atoms with Crippen LogP contribution in [-0.2, 0) is 4.74 Å². The monoisotopic (exact) mass is 260 g/mol. The molecular formula is C7H5BrN2O4. The van der Waals surface area contributed by atoms with Crippen molar-refractivity contribution in [1.82, 2.24) is 4.98 Å². The van der Waals surface area contributed by atoms with Gasteiger partial charge in [-0.15, -0.1) is 0 Å². The van der Waals surface area contributed by atoms with E-state index < -0.39 is 10.9 Å². The lowest BCUT2D eigenvalue weighted by molar-refractivity contribution is -0.385. The molecule has 0 aliphatic rings. The Morgan fingerprint density at radius 2 is 2.36 bits per heavy atom. The summed E-state index contributed by atoms with van der Waals surface area (Å²) in [6.07, 6.45) is 1.23. The van der Waals surface area contributed by atoms with E-state index in [1.165, 1.54) is 6.20 Å². The highest BCUT2D eigenvalue weighted by Gasteiger charge is 2.24. The van der Waals surface area contributed by atoms with Crippen LogP contribution in [0.25, 0.3) is 0 Å². The first-order valence-corrected chi connectivity index (χ1v) is 4.24. The molecule has 1 aromatic heterocycles. The second-order valence-corrected chi connectivity index (χ2v) is 3.00. The molecule has 0 saturated carbocycles. The van der Waals surface area contributed by atoms with Crippen LogP contribution in [0.1, 0.15) is 10.4 Å². The minimum absolute atomic E-state index is 0.0959. The van der Waals surface area contributed by atoms with Crippen molar-refractivity contribution >= 4 is 27.6 Å². The average Bonchev–Trinajstić information content (AvgIpc) is 2.16. The molecule has 0 spiro atoms. The van der Waals surface area contributed by atoms with E-state index in [1.807, 2.05) is 0 Å². The molecule has 0 unspecified atom stereocenters. The van der Waals surface area contributed by atoms with Gasteiger partial charge in [0.1, 0.15) is 4.60 Å². The van der Waals surface area contributed by atoms with E-state index in [0.29, 0.717) is 0 Å². The van der Waals surface area contributed by atoms with Gasteiger partial charge in [-0.05, 0) is 15.9 Å². The summed E-state index contributed by atoms with van der Waals surface area (Å²) in [5, 5.41) is 10.5. The number of methoxy groups -OCH3 is 1. The molecule has 1 heterocycles. The van der Waals surface area contributed by atoms with Crippen LogP contribution in [0.15, 0.2) is 16.9 Å². The van der Waals surface area contributed by atoms with E-state index in [0.717, 1.165) is 13.2 Å². The molecule has 0 saturated heterocycles. The first-order chi connectivity index (χ1) is 6.57. The fourth-order valence-corrected chi connectivity index (χ4v) is 1.35. The maximum atomic E-state index is 11.2. The summed E-state index contributed by atoms with van der Waals surface area (Å²) in [7, 11) is 1.14. The fourth-order valence-electron chi connectivity index (χ4n) is 0.870. The van der Waals surface area contributed by atoms with Crippen LogP contribution >= 0.6 is 15.9 Å². The lowest BCUT2D eigenvalue weighted by Crippen LogP contribution is -2.07. The SMILES string of the molecule is COC(=O)c1c([N+](=O)[O-])ccnc1Br. The second kappa shape index (κ2) is 4.14. The van der Waals surface area contributed by atoms with Crippen molar-refractivity contribution in [3.05, 3.63) is 32.5 Å². The Labute approximate surface area is 87.2 Å². The highest BCUT2D eigenvalue weighted by Crippen LogP contribution is 2.24. The van der Waals surface area contributed by atoms with Gasteiger partial charge < -0.3 is 4.74 Å². The summed E-state index contributed by atoms with van der Waals surface area (Å²) >= 11 is 2.94. The number of nitro groups is 1. The number of halogens is 1. The van der Waals surface area contributed by atoms with Gasteiger partial charge in [-0.2, -0.15) is 0 Å². The topological polar surface area (TPSA) is 82.3 Å². The van der Waals surface area contributed by atoms with Crippen LogP contribution in [0, 0.1) is 10.1 Å². The predicted octanol–water partition coefficient (Wildman–Crippen LogP) is 1.54. The normalized spacial score (nSPS) is 9.57. The third kappa shape index (κ3) is 1.87. The number of hydrogen-bond acceptors (Lipinski definition) is 5. The number of hydrogen-bond donors (Lipinski definition) is 0. The Morgan fingerprint density at radius 1 is 1.71 bits per heavy atom. The Bertz CT molecular complexity index is 393. The molecule has 0 fully saturated rings. The Morgan fingerprint density at radius 3 is 2.86 bits per heavy atom. The zero-order chi connectivity index (χ0) is 10.7. The van der Waals surface area contributed by atoms with Crippen LogP contribution < -0.4 is 0 Å². The number of rotatable bonds is 2. The van der Waals surface area contributed by atoms with E-state index >= 15 is 0 Å². The first kappa shape index (κ1) is 10.6. The van der Waals surface area contributed by atoms with Gasteiger partial charge in [0, 0.05) is 12.3 Å². The summed E-state index contributed by atoms with van der Waals surface area (Å²) in [6, 6.07) is 1.14. The molecular weight excluding hydrogens is 256 g/mol. The highest BCUT2D eigenvalue weighted by atomic mass is 79.9. The van der Waals surface area contributed by atoms with Gasteiger partial charge in [-0.25, -0.2) is 9.78 Å². The number of aromatic nitrogens is 1. The Hall–Kier alpha value is -1.50. The average molecular weight is 261 g/mol. The van der Waals surface area contributed by atoms with Crippen LogP contribution in [0.3, 0.4) is 0 Å². The molecule has 74 valence electrons. The largest absolute Gasteiger partial charge is 0.465 e. The Kier molecular flexibility index (Phi) is 3.13. The number of pyridine rings is 1. The van der Waals surface area contributed by atoms with Crippen molar-refractivity contribution in [3.63, 3.8) is 0 Å². The molecule has 0 N–H and O–H groups in total. The Balaban J connectivity index is 3.36. The highest BCUT2D eigenvalue weighted by molar-refractivity contribution is 9.10. The van der Waals surface area contributed by atoms with Crippen molar-refractivity contribution in [2.75, 3.05) is 7.11 Å². The van der Waals surface area contributed by atoms with Crippen molar-refractivity contribution in [3.8, 4) is 0 Å². The van der Waals surface area contributed by atoms with Gasteiger partial charge in [-0.3, -0.25) is 10.1 Å². The fraction of sp³-hybridized carbons (Fsp3) is 0.143. The molecule has 7 heteroatoms. The summed E-state index contributed by atoms with van der Waals surface area (Å²) in [6.45, 7) is 0. The van der Waals surface area contributed by atoms with Gasteiger partial charge in [0.25, 0.3) is 5.69 Å². The van der Waals surface area contributed by atoms with Crippen molar-refractivity contribution in [2.45, 2.75) is 0 Å². The summed E-state index contributed by atoms with van der Waals surface area (Å²) in [5.41, 5.74) is -0.515. The predicted molar refractivity (Wildman–Crippen MR) is 49.9 cm³/mol. The number of ether oxygens (including phenoxy) is 1. The van der Waals surface area contributed by atoms with E-state index in [4.69, 9.17) is 0 Å². The van der Waals surface area contributed by atoms with E-state index in [1.54, 1.807) is 0 Å². The van der Waals surface area contributed by atoms with Crippen molar-refractivity contribution in [2.24, 2.45) is 0 Å². The number of esters is 1. The summed E-state index contributed by atoms with van der Waals surface area (Å²) < 4.78 is 4.49. The molecule has 0 radical (unpaired) electrons. The van der Waals surface area contributed by atoms with E-state index in [9.17, 15) is 14.9 Å². The third-order valence-corrected chi connectivity index (χ3v) is 2.07. The van der Waals surface area contributed by atoms with Gasteiger partial charge in [-0.1, -0.05) is 0 Å². The lowest BCUT2D eigenvalue weighted by Gasteiger charge is -2.01. The lowest BCUT2D eigenvalue weighted by atomic mass is 10.2. The van der Waals surface area contributed by atoms with Gasteiger partial charge >= 0.3 is 5.97 Å².